The van der Waals surface area contributed by atoms with Gasteiger partial charge in [0.2, 0.25) is 5.91 Å². The Balaban J connectivity index is 1.78. The van der Waals surface area contributed by atoms with Gasteiger partial charge in [-0.25, -0.2) is 8.42 Å². The van der Waals surface area contributed by atoms with Gasteiger partial charge in [-0.2, -0.15) is 0 Å². The summed E-state index contributed by atoms with van der Waals surface area (Å²) in [5.41, 5.74) is 6.01. The predicted molar refractivity (Wildman–Crippen MR) is 69.7 cm³/mol. The highest BCUT2D eigenvalue weighted by Crippen LogP contribution is 2.23. The zero-order valence-corrected chi connectivity index (χ0v) is 11.4. The van der Waals surface area contributed by atoms with E-state index in [-0.39, 0.29) is 29.4 Å². The quantitative estimate of drug-likeness (QED) is 0.761. The first-order valence-electron chi connectivity index (χ1n) is 6.71. The Kier molecular flexibility index (Phi) is 4.27. The smallest absolute Gasteiger partial charge is 0.224 e. The summed E-state index contributed by atoms with van der Waals surface area (Å²) in [5.74, 6) is 0.0354. The molecule has 2 rings (SSSR count). The molecule has 0 radical (unpaired) electrons. The van der Waals surface area contributed by atoms with Crippen LogP contribution in [0.5, 0.6) is 0 Å². The molecule has 2 aliphatic rings. The third kappa shape index (κ3) is 3.45. The second-order valence-corrected chi connectivity index (χ2v) is 7.78. The van der Waals surface area contributed by atoms with Gasteiger partial charge >= 0.3 is 0 Å². The minimum atomic E-state index is -2.98. The van der Waals surface area contributed by atoms with Gasteiger partial charge in [0.05, 0.1) is 17.4 Å². The standard InChI is InChI=1S/C12H22N2O3S/c13-11-4-2-1-3-9(11)7-14-12(15)10-5-6-18(16,17)8-10/h9-11H,1-8,13H2,(H,14,15). The molecule has 3 atom stereocenters. The molecule has 3 N–H and O–H groups in total. The molecule has 0 spiro atoms. The molecule has 2 fully saturated rings. The van der Waals surface area contributed by atoms with Crippen molar-refractivity contribution in [3.05, 3.63) is 0 Å². The monoisotopic (exact) mass is 274 g/mol. The van der Waals surface area contributed by atoms with Crippen molar-refractivity contribution in [3.63, 3.8) is 0 Å². The maximum Gasteiger partial charge on any atom is 0.224 e. The Morgan fingerprint density at radius 2 is 1.94 bits per heavy atom. The van der Waals surface area contributed by atoms with Crippen LogP contribution in [-0.2, 0) is 14.6 Å². The van der Waals surface area contributed by atoms with Crippen LogP contribution in [0.2, 0.25) is 0 Å². The van der Waals surface area contributed by atoms with E-state index in [0.29, 0.717) is 18.9 Å². The van der Waals surface area contributed by atoms with E-state index in [1.165, 1.54) is 12.8 Å². The third-order valence-corrected chi connectivity index (χ3v) is 5.88. The first kappa shape index (κ1) is 13.8. The van der Waals surface area contributed by atoms with Crippen molar-refractivity contribution in [1.29, 1.82) is 0 Å². The van der Waals surface area contributed by atoms with Crippen molar-refractivity contribution in [1.82, 2.24) is 5.32 Å². The molecule has 0 aromatic rings. The van der Waals surface area contributed by atoms with Crippen LogP contribution in [0, 0.1) is 11.8 Å². The summed E-state index contributed by atoms with van der Waals surface area (Å²) in [5, 5.41) is 2.88. The molecule has 0 aromatic carbocycles. The highest BCUT2D eigenvalue weighted by atomic mass is 32.2. The summed E-state index contributed by atoms with van der Waals surface area (Å²) in [7, 11) is -2.98. The number of amides is 1. The van der Waals surface area contributed by atoms with E-state index in [4.69, 9.17) is 5.73 Å². The zero-order valence-electron chi connectivity index (χ0n) is 10.6. The fraction of sp³-hybridized carbons (Fsp3) is 0.917. The molecule has 0 bridgehead atoms. The Morgan fingerprint density at radius 1 is 1.22 bits per heavy atom. The summed E-state index contributed by atoms with van der Waals surface area (Å²) in [4.78, 5) is 11.9. The van der Waals surface area contributed by atoms with Crippen LogP contribution in [0.15, 0.2) is 0 Å². The van der Waals surface area contributed by atoms with Crippen molar-refractivity contribution in [3.8, 4) is 0 Å². The second-order valence-electron chi connectivity index (χ2n) is 5.55. The number of hydrogen-bond acceptors (Lipinski definition) is 4. The number of sulfone groups is 1. The Hall–Kier alpha value is -0.620. The highest BCUT2D eigenvalue weighted by molar-refractivity contribution is 7.91. The number of nitrogens with two attached hydrogens (primary N) is 1. The lowest BCUT2D eigenvalue weighted by Crippen LogP contribution is -2.42. The van der Waals surface area contributed by atoms with E-state index in [1.54, 1.807) is 0 Å². The SMILES string of the molecule is NC1CCCCC1CNC(=O)C1CCS(=O)(=O)C1. The van der Waals surface area contributed by atoms with Crippen LogP contribution < -0.4 is 11.1 Å². The molecule has 1 aliphatic carbocycles. The minimum absolute atomic E-state index is 0.00948. The average Bonchev–Trinajstić information content (AvgIpc) is 2.68. The van der Waals surface area contributed by atoms with Gasteiger partial charge in [0.25, 0.3) is 0 Å². The summed E-state index contributed by atoms with van der Waals surface area (Å²) in [6.07, 6.45) is 4.90. The number of rotatable bonds is 3. The van der Waals surface area contributed by atoms with Gasteiger partial charge in [0, 0.05) is 12.6 Å². The molecule has 3 unspecified atom stereocenters. The highest BCUT2D eigenvalue weighted by Gasteiger charge is 2.33. The Bertz CT molecular complexity index is 408. The van der Waals surface area contributed by atoms with Crippen LogP contribution in [0.3, 0.4) is 0 Å². The fourth-order valence-electron chi connectivity index (χ4n) is 2.87. The van der Waals surface area contributed by atoms with Crippen LogP contribution in [0.25, 0.3) is 0 Å². The zero-order chi connectivity index (χ0) is 13.2. The summed E-state index contributed by atoms with van der Waals surface area (Å²) < 4.78 is 22.6. The summed E-state index contributed by atoms with van der Waals surface area (Å²) in [6.45, 7) is 0.594. The third-order valence-electron chi connectivity index (χ3n) is 4.11. The second kappa shape index (κ2) is 5.57. The van der Waals surface area contributed by atoms with Gasteiger partial charge in [-0.05, 0) is 25.2 Å². The van der Waals surface area contributed by atoms with Crippen LogP contribution in [0.1, 0.15) is 32.1 Å². The van der Waals surface area contributed by atoms with Gasteiger partial charge in [-0.15, -0.1) is 0 Å². The van der Waals surface area contributed by atoms with E-state index in [9.17, 15) is 13.2 Å². The number of carbonyl (C=O) groups excluding carboxylic acids is 1. The number of nitrogens with one attached hydrogen (secondary N) is 1. The number of carbonyl (C=O) groups is 1. The van der Waals surface area contributed by atoms with Crippen LogP contribution in [-0.4, -0.2) is 38.4 Å². The molecular weight excluding hydrogens is 252 g/mol. The van der Waals surface area contributed by atoms with Crippen LogP contribution >= 0.6 is 0 Å². The van der Waals surface area contributed by atoms with Gasteiger partial charge in [-0.3, -0.25) is 4.79 Å². The molecule has 104 valence electrons. The molecule has 1 saturated heterocycles. The first-order valence-corrected chi connectivity index (χ1v) is 8.54. The van der Waals surface area contributed by atoms with E-state index in [2.05, 4.69) is 5.32 Å². The van der Waals surface area contributed by atoms with E-state index >= 15 is 0 Å². The molecule has 1 aliphatic heterocycles. The lowest BCUT2D eigenvalue weighted by molar-refractivity contribution is -0.124. The van der Waals surface area contributed by atoms with E-state index in [0.717, 1.165) is 12.8 Å². The van der Waals surface area contributed by atoms with Crippen molar-refractivity contribution < 1.29 is 13.2 Å². The largest absolute Gasteiger partial charge is 0.355 e. The van der Waals surface area contributed by atoms with Crippen LogP contribution in [0.4, 0.5) is 0 Å². The van der Waals surface area contributed by atoms with Gasteiger partial charge in [0.1, 0.15) is 0 Å². The maximum absolute atomic E-state index is 11.9. The average molecular weight is 274 g/mol. The Labute approximate surface area is 108 Å². The van der Waals surface area contributed by atoms with Crippen molar-refractivity contribution in [2.45, 2.75) is 38.1 Å². The Morgan fingerprint density at radius 3 is 2.56 bits per heavy atom. The normalized spacial score (nSPS) is 35.3. The predicted octanol–water partition coefficient (Wildman–Crippen LogP) is 0.0548. The number of hydrogen-bond donors (Lipinski definition) is 2. The van der Waals surface area contributed by atoms with E-state index < -0.39 is 9.84 Å². The summed E-state index contributed by atoms with van der Waals surface area (Å²) in [6, 6.07) is 0.173. The molecule has 1 saturated carbocycles. The fourth-order valence-corrected chi connectivity index (χ4v) is 4.61. The van der Waals surface area contributed by atoms with Gasteiger partial charge < -0.3 is 11.1 Å². The van der Waals surface area contributed by atoms with Gasteiger partial charge in [-0.1, -0.05) is 12.8 Å². The van der Waals surface area contributed by atoms with Crippen molar-refractivity contribution in [2.24, 2.45) is 17.6 Å². The molecule has 0 aromatic heterocycles. The van der Waals surface area contributed by atoms with E-state index in [1.807, 2.05) is 0 Å². The topological polar surface area (TPSA) is 89.3 Å². The lowest BCUT2D eigenvalue weighted by atomic mass is 9.85. The lowest BCUT2D eigenvalue weighted by Gasteiger charge is -2.28. The van der Waals surface area contributed by atoms with Crippen molar-refractivity contribution in [2.75, 3.05) is 18.1 Å². The first-order chi connectivity index (χ1) is 8.48. The molecule has 5 nitrogen and oxygen atoms in total. The molecule has 1 heterocycles. The molecule has 6 heteroatoms. The maximum atomic E-state index is 11.9. The van der Waals surface area contributed by atoms with Gasteiger partial charge in [0.15, 0.2) is 9.84 Å². The summed E-state index contributed by atoms with van der Waals surface area (Å²) >= 11 is 0. The minimum Gasteiger partial charge on any atom is -0.355 e. The molecule has 1 amide bonds. The molecular formula is C12H22N2O3S. The molecule has 18 heavy (non-hydrogen) atoms. The van der Waals surface area contributed by atoms with Crippen molar-refractivity contribution >= 4 is 15.7 Å².